The molecular formula is C12H16ClNO2. The van der Waals surface area contributed by atoms with Crippen molar-refractivity contribution < 1.29 is 10.2 Å². The summed E-state index contributed by atoms with van der Waals surface area (Å²) in [6.07, 6.45) is 1.63. The van der Waals surface area contributed by atoms with Crippen LogP contribution < -0.4 is 0 Å². The van der Waals surface area contributed by atoms with E-state index in [1.165, 1.54) is 0 Å². The van der Waals surface area contributed by atoms with Crippen molar-refractivity contribution in [3.8, 4) is 5.75 Å². The van der Waals surface area contributed by atoms with Crippen molar-refractivity contribution in [1.82, 2.24) is 4.90 Å². The molecule has 1 heterocycles. The lowest BCUT2D eigenvalue weighted by molar-refractivity contribution is 0.0664. The first kappa shape index (κ1) is 11.7. The maximum Gasteiger partial charge on any atom is 0.120 e. The van der Waals surface area contributed by atoms with E-state index in [4.69, 9.17) is 11.6 Å². The quantitative estimate of drug-likeness (QED) is 0.833. The largest absolute Gasteiger partial charge is 0.508 e. The van der Waals surface area contributed by atoms with Crippen LogP contribution in [0.2, 0.25) is 5.02 Å². The summed E-state index contributed by atoms with van der Waals surface area (Å²) in [5.74, 6) is 0.268. The number of hydrogen-bond acceptors (Lipinski definition) is 3. The lowest BCUT2D eigenvalue weighted by Gasteiger charge is -2.30. The van der Waals surface area contributed by atoms with Gasteiger partial charge in [0.2, 0.25) is 0 Å². The number of likely N-dealkylation sites (tertiary alicyclic amines) is 1. The monoisotopic (exact) mass is 241 g/mol. The van der Waals surface area contributed by atoms with E-state index in [-0.39, 0.29) is 11.9 Å². The van der Waals surface area contributed by atoms with Crippen LogP contribution in [0, 0.1) is 0 Å². The third-order valence-electron chi connectivity index (χ3n) is 2.92. The van der Waals surface area contributed by atoms with E-state index in [2.05, 4.69) is 4.90 Å². The molecule has 1 saturated heterocycles. The molecule has 1 fully saturated rings. The van der Waals surface area contributed by atoms with Gasteiger partial charge in [0.05, 0.1) is 6.10 Å². The number of rotatable bonds is 2. The Morgan fingerprint density at radius 1 is 1.44 bits per heavy atom. The van der Waals surface area contributed by atoms with Gasteiger partial charge in [0.15, 0.2) is 0 Å². The number of halogens is 1. The summed E-state index contributed by atoms with van der Waals surface area (Å²) in [5, 5.41) is 19.9. The summed E-state index contributed by atoms with van der Waals surface area (Å²) in [4.78, 5) is 2.14. The van der Waals surface area contributed by atoms with Crippen LogP contribution in [-0.2, 0) is 6.54 Å². The van der Waals surface area contributed by atoms with E-state index < -0.39 is 0 Å². The zero-order valence-electron chi connectivity index (χ0n) is 9.06. The first-order valence-electron chi connectivity index (χ1n) is 5.53. The Hall–Kier alpha value is -0.770. The molecule has 0 saturated carbocycles. The van der Waals surface area contributed by atoms with Crippen LogP contribution in [0.3, 0.4) is 0 Å². The van der Waals surface area contributed by atoms with Crippen molar-refractivity contribution >= 4 is 11.6 Å². The number of hydrogen-bond donors (Lipinski definition) is 2. The van der Waals surface area contributed by atoms with Gasteiger partial charge in [-0.15, -0.1) is 0 Å². The Bertz CT molecular complexity index is 370. The molecule has 1 unspecified atom stereocenters. The molecule has 2 N–H and O–H groups in total. The van der Waals surface area contributed by atoms with Gasteiger partial charge in [-0.25, -0.2) is 0 Å². The highest BCUT2D eigenvalue weighted by atomic mass is 35.5. The molecule has 1 atom stereocenters. The third-order valence-corrected chi connectivity index (χ3v) is 3.15. The summed E-state index contributed by atoms with van der Waals surface area (Å²) in [6.45, 7) is 2.28. The average Bonchev–Trinajstić information content (AvgIpc) is 2.24. The van der Waals surface area contributed by atoms with E-state index in [0.717, 1.165) is 24.9 Å². The van der Waals surface area contributed by atoms with Gasteiger partial charge in [0, 0.05) is 23.7 Å². The lowest BCUT2D eigenvalue weighted by Crippen LogP contribution is -2.37. The van der Waals surface area contributed by atoms with Crippen LogP contribution in [0.25, 0.3) is 0 Å². The number of piperidine rings is 1. The molecule has 0 amide bonds. The number of phenolic OH excluding ortho intramolecular Hbond substituents is 1. The predicted molar refractivity (Wildman–Crippen MR) is 63.6 cm³/mol. The molecule has 0 spiro atoms. The molecule has 1 aliphatic rings. The highest BCUT2D eigenvalue weighted by molar-refractivity contribution is 6.30. The minimum Gasteiger partial charge on any atom is -0.508 e. The molecule has 4 heteroatoms. The van der Waals surface area contributed by atoms with E-state index >= 15 is 0 Å². The Labute approximate surface area is 100 Å². The molecule has 3 nitrogen and oxygen atoms in total. The Balaban J connectivity index is 2.05. The van der Waals surface area contributed by atoms with Gasteiger partial charge in [-0.3, -0.25) is 4.90 Å². The molecule has 0 bridgehead atoms. The number of benzene rings is 1. The second-order valence-corrected chi connectivity index (χ2v) is 4.74. The molecule has 16 heavy (non-hydrogen) atoms. The first-order chi connectivity index (χ1) is 7.65. The highest BCUT2D eigenvalue weighted by Gasteiger charge is 2.18. The minimum atomic E-state index is -0.241. The number of aliphatic hydroxyl groups excluding tert-OH is 1. The molecule has 2 rings (SSSR count). The molecule has 88 valence electrons. The van der Waals surface area contributed by atoms with E-state index in [1.807, 2.05) is 0 Å². The maximum absolute atomic E-state index is 9.68. The zero-order chi connectivity index (χ0) is 11.5. The molecule has 1 aliphatic heterocycles. The molecular weight excluding hydrogens is 226 g/mol. The van der Waals surface area contributed by atoms with Crippen LogP contribution in [0.5, 0.6) is 5.75 Å². The van der Waals surface area contributed by atoms with Gasteiger partial charge >= 0.3 is 0 Å². The summed E-state index contributed by atoms with van der Waals surface area (Å²) in [5.41, 5.74) is 0.821. The van der Waals surface area contributed by atoms with Gasteiger partial charge < -0.3 is 10.2 Å². The predicted octanol–water partition coefficient (Wildman–Crippen LogP) is 2.00. The molecule has 0 radical (unpaired) electrons. The summed E-state index contributed by atoms with van der Waals surface area (Å²) < 4.78 is 0. The number of nitrogens with zero attached hydrogens (tertiary/aromatic N) is 1. The Kier molecular flexibility index (Phi) is 3.69. The van der Waals surface area contributed by atoms with Gasteiger partial charge in [-0.1, -0.05) is 11.6 Å². The van der Waals surface area contributed by atoms with Crippen LogP contribution in [0.1, 0.15) is 18.4 Å². The summed E-state index contributed by atoms with van der Waals surface area (Å²) in [7, 11) is 0. The average molecular weight is 242 g/mol. The standard InChI is InChI=1S/C12H16ClNO2/c13-10-3-4-12(16)9(6-10)7-14-5-1-2-11(15)8-14/h3-4,6,11,15-16H,1-2,5,7-8H2. The van der Waals surface area contributed by atoms with Crippen molar-refractivity contribution in [2.75, 3.05) is 13.1 Å². The van der Waals surface area contributed by atoms with E-state index in [0.29, 0.717) is 18.1 Å². The van der Waals surface area contributed by atoms with Crippen molar-refractivity contribution in [1.29, 1.82) is 0 Å². The molecule has 0 aromatic heterocycles. The fourth-order valence-electron chi connectivity index (χ4n) is 2.10. The van der Waals surface area contributed by atoms with Crippen LogP contribution in [0.4, 0.5) is 0 Å². The smallest absolute Gasteiger partial charge is 0.120 e. The van der Waals surface area contributed by atoms with Crippen molar-refractivity contribution in [2.24, 2.45) is 0 Å². The maximum atomic E-state index is 9.68. The van der Waals surface area contributed by atoms with Gasteiger partial charge in [0.1, 0.15) is 5.75 Å². The second-order valence-electron chi connectivity index (χ2n) is 4.30. The van der Waals surface area contributed by atoms with E-state index in [1.54, 1.807) is 18.2 Å². The fourth-order valence-corrected chi connectivity index (χ4v) is 2.29. The molecule has 0 aliphatic carbocycles. The molecule has 1 aromatic rings. The van der Waals surface area contributed by atoms with E-state index in [9.17, 15) is 10.2 Å². The highest BCUT2D eigenvalue weighted by Crippen LogP contribution is 2.24. The van der Waals surface area contributed by atoms with Gasteiger partial charge in [-0.05, 0) is 37.6 Å². The van der Waals surface area contributed by atoms with Crippen molar-refractivity contribution in [2.45, 2.75) is 25.5 Å². The SMILES string of the molecule is Oc1ccc(Cl)cc1CN1CCCC(O)C1. The lowest BCUT2D eigenvalue weighted by atomic mass is 10.1. The number of aliphatic hydroxyl groups is 1. The van der Waals surface area contributed by atoms with Gasteiger partial charge in [0.25, 0.3) is 0 Å². The topological polar surface area (TPSA) is 43.7 Å². The molecule has 1 aromatic carbocycles. The van der Waals surface area contributed by atoms with Crippen LogP contribution >= 0.6 is 11.6 Å². The van der Waals surface area contributed by atoms with Crippen molar-refractivity contribution in [3.05, 3.63) is 28.8 Å². The summed E-state index contributed by atoms with van der Waals surface area (Å²) >= 11 is 5.88. The summed E-state index contributed by atoms with van der Waals surface area (Å²) in [6, 6.07) is 5.06. The number of aromatic hydroxyl groups is 1. The third kappa shape index (κ3) is 2.88. The number of phenols is 1. The van der Waals surface area contributed by atoms with Crippen LogP contribution in [-0.4, -0.2) is 34.3 Å². The normalized spacial score (nSPS) is 22.2. The van der Waals surface area contributed by atoms with Gasteiger partial charge in [-0.2, -0.15) is 0 Å². The minimum absolute atomic E-state index is 0.241. The fraction of sp³-hybridized carbons (Fsp3) is 0.500. The number of β-amino-alcohol motifs (C(OH)–C–C–N with tert-alkyl or cyclic N) is 1. The Morgan fingerprint density at radius 2 is 2.25 bits per heavy atom. The van der Waals surface area contributed by atoms with Crippen molar-refractivity contribution in [3.63, 3.8) is 0 Å². The Morgan fingerprint density at radius 3 is 3.00 bits per heavy atom. The first-order valence-corrected chi connectivity index (χ1v) is 5.91. The van der Waals surface area contributed by atoms with Crippen LogP contribution in [0.15, 0.2) is 18.2 Å². The second kappa shape index (κ2) is 5.04. The zero-order valence-corrected chi connectivity index (χ0v) is 9.82.